The first-order chi connectivity index (χ1) is 10.4. The first kappa shape index (κ1) is 19.4. The molecule has 0 radical (unpaired) electrons. The Labute approximate surface area is 135 Å². The molecule has 1 aliphatic rings. The molecule has 0 aromatic heterocycles. The minimum absolute atomic E-state index is 0.100. The molecule has 0 spiro atoms. The normalized spacial score (nSPS) is 20.0. The fourth-order valence-electron chi connectivity index (χ4n) is 2.83. The number of esters is 1. The smallest absolute Gasteiger partial charge is 0.334 e. The molecule has 1 aliphatic carbocycles. The maximum atomic E-state index is 13.0. The van der Waals surface area contributed by atoms with Gasteiger partial charge in [0.15, 0.2) is 0 Å². The highest BCUT2D eigenvalue weighted by atomic mass is 31.2. The molecule has 4 nitrogen and oxygen atoms in total. The van der Waals surface area contributed by atoms with E-state index in [9.17, 15) is 9.36 Å². The lowest BCUT2D eigenvalue weighted by atomic mass is 9.88. The zero-order chi connectivity index (χ0) is 16.6. The van der Waals surface area contributed by atoms with Gasteiger partial charge < -0.3 is 9.26 Å². The van der Waals surface area contributed by atoms with E-state index in [0.29, 0.717) is 24.7 Å². The second-order valence-electron chi connectivity index (χ2n) is 6.21. The van der Waals surface area contributed by atoms with Crippen molar-refractivity contribution in [2.75, 3.05) is 19.4 Å². The van der Waals surface area contributed by atoms with E-state index in [1.807, 2.05) is 26.8 Å². The minimum atomic E-state index is -2.86. The van der Waals surface area contributed by atoms with Crippen LogP contribution in [0.3, 0.4) is 0 Å². The average Bonchev–Trinajstić information content (AvgIpc) is 2.48. The van der Waals surface area contributed by atoms with Crippen molar-refractivity contribution >= 4 is 13.3 Å². The van der Waals surface area contributed by atoms with E-state index in [1.165, 1.54) is 19.3 Å². The van der Waals surface area contributed by atoms with Gasteiger partial charge in [0.05, 0.1) is 19.4 Å². The SMILES string of the molecule is CCOC(=O)/C(=C/C1CCCCC1)CP(=O)(OCC)C(C)C. The van der Waals surface area contributed by atoms with E-state index < -0.39 is 7.37 Å². The average molecular weight is 330 g/mol. The molecule has 0 aliphatic heterocycles. The van der Waals surface area contributed by atoms with Crippen molar-refractivity contribution in [1.29, 1.82) is 0 Å². The molecule has 1 saturated carbocycles. The molecular formula is C17H31O4P. The molecule has 0 saturated heterocycles. The summed E-state index contributed by atoms with van der Waals surface area (Å²) in [7, 11) is -2.86. The maximum absolute atomic E-state index is 13.0. The maximum Gasteiger partial charge on any atom is 0.334 e. The summed E-state index contributed by atoms with van der Waals surface area (Å²) in [4.78, 5) is 12.3. The molecule has 1 atom stereocenters. The number of carbonyl (C=O) groups is 1. The van der Waals surface area contributed by atoms with Crippen LogP contribution in [-0.2, 0) is 18.6 Å². The number of carbonyl (C=O) groups excluding carboxylic acids is 1. The summed E-state index contributed by atoms with van der Waals surface area (Å²) in [6.07, 6.45) is 8.06. The first-order valence-electron chi connectivity index (χ1n) is 8.54. The molecule has 1 rings (SSSR count). The van der Waals surface area contributed by atoms with Gasteiger partial charge in [0.25, 0.3) is 0 Å². The van der Waals surface area contributed by atoms with Gasteiger partial charge in [0.1, 0.15) is 0 Å². The summed E-state index contributed by atoms with van der Waals surface area (Å²) in [5.74, 6) is 0.0593. The Morgan fingerprint density at radius 1 is 1.18 bits per heavy atom. The second-order valence-corrected chi connectivity index (χ2v) is 9.27. The van der Waals surface area contributed by atoms with Crippen LogP contribution in [0.5, 0.6) is 0 Å². The summed E-state index contributed by atoms with van der Waals surface area (Å²) >= 11 is 0. The van der Waals surface area contributed by atoms with Crippen LogP contribution in [-0.4, -0.2) is 31.0 Å². The Kier molecular flexibility index (Phi) is 8.41. The monoisotopic (exact) mass is 330 g/mol. The summed E-state index contributed by atoms with van der Waals surface area (Å²) in [5.41, 5.74) is 0.441. The summed E-state index contributed by atoms with van der Waals surface area (Å²) in [5, 5.41) is 0. The largest absolute Gasteiger partial charge is 0.463 e. The van der Waals surface area contributed by atoms with E-state index in [2.05, 4.69) is 0 Å². The van der Waals surface area contributed by atoms with Crippen LogP contribution >= 0.6 is 7.37 Å². The molecule has 0 bridgehead atoms. The van der Waals surface area contributed by atoms with Crippen LogP contribution in [0.15, 0.2) is 11.6 Å². The van der Waals surface area contributed by atoms with Crippen molar-refractivity contribution in [3.8, 4) is 0 Å². The van der Waals surface area contributed by atoms with E-state index in [-0.39, 0.29) is 17.8 Å². The molecule has 0 heterocycles. The zero-order valence-electron chi connectivity index (χ0n) is 14.5. The van der Waals surface area contributed by atoms with Gasteiger partial charge in [0, 0.05) is 11.2 Å². The molecule has 1 fully saturated rings. The number of rotatable bonds is 8. The van der Waals surface area contributed by atoms with Gasteiger partial charge in [-0.15, -0.1) is 0 Å². The highest BCUT2D eigenvalue weighted by Gasteiger charge is 2.31. The molecule has 1 unspecified atom stereocenters. The highest BCUT2D eigenvalue weighted by molar-refractivity contribution is 7.60. The van der Waals surface area contributed by atoms with Crippen molar-refractivity contribution in [3.63, 3.8) is 0 Å². The van der Waals surface area contributed by atoms with Crippen molar-refractivity contribution in [1.82, 2.24) is 0 Å². The minimum Gasteiger partial charge on any atom is -0.463 e. The van der Waals surface area contributed by atoms with E-state index in [4.69, 9.17) is 9.26 Å². The third-order valence-corrected chi connectivity index (χ3v) is 7.20. The lowest BCUT2D eigenvalue weighted by Gasteiger charge is -2.24. The molecule has 0 N–H and O–H groups in total. The molecule has 0 amide bonds. The van der Waals surface area contributed by atoms with Crippen LogP contribution in [0.1, 0.15) is 59.8 Å². The summed E-state index contributed by atoms with van der Waals surface area (Å²) in [6.45, 7) is 8.14. The third kappa shape index (κ3) is 5.89. The molecule has 0 aromatic rings. The van der Waals surface area contributed by atoms with Gasteiger partial charge in [0.2, 0.25) is 7.37 Å². The molecule has 22 heavy (non-hydrogen) atoms. The van der Waals surface area contributed by atoms with Crippen molar-refractivity contribution in [2.24, 2.45) is 5.92 Å². The first-order valence-corrected chi connectivity index (χ1v) is 10.4. The Morgan fingerprint density at radius 3 is 2.32 bits per heavy atom. The molecule has 128 valence electrons. The van der Waals surface area contributed by atoms with Crippen LogP contribution in [0.2, 0.25) is 0 Å². The van der Waals surface area contributed by atoms with Gasteiger partial charge in [-0.05, 0) is 32.6 Å². The summed E-state index contributed by atoms with van der Waals surface area (Å²) < 4.78 is 23.7. The van der Waals surface area contributed by atoms with Crippen molar-refractivity contribution < 1.29 is 18.6 Å². The predicted octanol–water partition coefficient (Wildman–Crippen LogP) is 4.78. The van der Waals surface area contributed by atoms with Gasteiger partial charge in [-0.25, -0.2) is 4.79 Å². The highest BCUT2D eigenvalue weighted by Crippen LogP contribution is 2.53. The number of ether oxygens (including phenoxy) is 1. The Hall–Kier alpha value is -0.600. The van der Waals surface area contributed by atoms with Crippen LogP contribution in [0.25, 0.3) is 0 Å². The Balaban J connectivity index is 2.95. The quantitative estimate of drug-likeness (QED) is 0.365. The van der Waals surface area contributed by atoms with Gasteiger partial charge >= 0.3 is 5.97 Å². The Bertz CT molecular complexity index is 422. The number of allylic oxidation sites excluding steroid dienone is 1. The summed E-state index contributed by atoms with van der Waals surface area (Å²) in [6, 6.07) is 0. The lowest BCUT2D eigenvalue weighted by Crippen LogP contribution is -2.17. The fourth-order valence-corrected chi connectivity index (χ4v) is 4.73. The van der Waals surface area contributed by atoms with Crippen molar-refractivity contribution in [3.05, 3.63) is 11.6 Å². The van der Waals surface area contributed by atoms with Gasteiger partial charge in [-0.2, -0.15) is 0 Å². The Morgan fingerprint density at radius 2 is 1.82 bits per heavy atom. The lowest BCUT2D eigenvalue weighted by molar-refractivity contribution is -0.138. The molecule has 5 heteroatoms. The predicted molar refractivity (Wildman–Crippen MR) is 90.5 cm³/mol. The van der Waals surface area contributed by atoms with E-state index in [0.717, 1.165) is 12.8 Å². The van der Waals surface area contributed by atoms with Crippen LogP contribution in [0.4, 0.5) is 0 Å². The third-order valence-electron chi connectivity index (χ3n) is 4.15. The topological polar surface area (TPSA) is 52.6 Å². The molecule has 0 aromatic carbocycles. The van der Waals surface area contributed by atoms with Gasteiger partial charge in [-0.1, -0.05) is 39.2 Å². The van der Waals surface area contributed by atoms with Crippen molar-refractivity contribution in [2.45, 2.75) is 65.5 Å². The number of hydrogen-bond donors (Lipinski definition) is 0. The zero-order valence-corrected chi connectivity index (χ0v) is 15.4. The molecular weight excluding hydrogens is 299 g/mol. The standard InChI is InChI=1S/C17H31O4P/c1-5-20-17(18)16(12-15-10-8-7-9-11-15)13-22(19,14(3)4)21-6-2/h12,14-15H,5-11,13H2,1-4H3/b16-12+. The second kappa shape index (κ2) is 9.52. The number of hydrogen-bond acceptors (Lipinski definition) is 4. The van der Waals surface area contributed by atoms with Gasteiger partial charge in [-0.3, -0.25) is 4.57 Å². The fraction of sp³-hybridized carbons (Fsp3) is 0.824. The van der Waals surface area contributed by atoms with E-state index in [1.54, 1.807) is 6.92 Å². The van der Waals surface area contributed by atoms with Crippen LogP contribution in [0, 0.1) is 5.92 Å². The van der Waals surface area contributed by atoms with E-state index >= 15 is 0 Å². The van der Waals surface area contributed by atoms with Crippen LogP contribution < -0.4 is 0 Å².